The molecule has 7 nitrogen and oxygen atoms in total. The highest BCUT2D eigenvalue weighted by atomic mass is 127. The van der Waals surface area contributed by atoms with Gasteiger partial charge in [0, 0.05) is 45.3 Å². The Morgan fingerprint density at radius 3 is 2.41 bits per heavy atom. The maximum absolute atomic E-state index is 11.1. The number of nitrogens with one attached hydrogen (secondary N) is 3. The number of hydrogen-bond acceptors (Lipinski definition) is 4. The highest BCUT2D eigenvalue weighted by molar-refractivity contribution is 14.0. The van der Waals surface area contributed by atoms with Crippen LogP contribution in [0.25, 0.3) is 0 Å². The largest absolute Gasteiger partial charge is 0.355 e. The quantitative estimate of drug-likeness (QED) is 0.225. The van der Waals surface area contributed by atoms with Gasteiger partial charge >= 0.3 is 0 Å². The number of nitrogens with zero attached hydrogens (tertiary/aromatic N) is 2. The lowest BCUT2D eigenvalue weighted by atomic mass is 10.0. The lowest BCUT2D eigenvalue weighted by molar-refractivity contribution is 0.158. The Kier molecular flexibility index (Phi) is 10.6. The first-order valence-electron chi connectivity index (χ1n) is 9.10. The predicted molar refractivity (Wildman–Crippen MR) is 122 cm³/mol. The number of guanidine groups is 1. The highest BCUT2D eigenvalue weighted by Gasteiger charge is 2.23. The minimum atomic E-state index is -3.15. The van der Waals surface area contributed by atoms with Gasteiger partial charge in [-0.15, -0.1) is 24.0 Å². The molecule has 1 fully saturated rings. The van der Waals surface area contributed by atoms with E-state index in [1.54, 1.807) is 7.05 Å². The summed E-state index contributed by atoms with van der Waals surface area (Å²) < 4.78 is 24.6. The van der Waals surface area contributed by atoms with Gasteiger partial charge in [-0.05, 0) is 25.3 Å². The third-order valence-corrected chi connectivity index (χ3v) is 5.43. The van der Waals surface area contributed by atoms with Crippen molar-refractivity contribution in [1.29, 1.82) is 0 Å². The van der Waals surface area contributed by atoms with Crippen LogP contribution in [0.15, 0.2) is 35.3 Å². The van der Waals surface area contributed by atoms with Crippen molar-refractivity contribution in [2.24, 2.45) is 4.99 Å². The molecule has 2 rings (SSSR count). The molecule has 1 aromatic carbocycles. The molecule has 1 unspecified atom stereocenters. The van der Waals surface area contributed by atoms with Crippen LogP contribution in [0.4, 0.5) is 0 Å². The minimum absolute atomic E-state index is 0. The fourth-order valence-corrected chi connectivity index (χ4v) is 3.65. The summed E-state index contributed by atoms with van der Waals surface area (Å²) >= 11 is 0. The molecule has 3 N–H and O–H groups in total. The van der Waals surface area contributed by atoms with Crippen molar-refractivity contribution in [3.8, 4) is 0 Å². The lowest BCUT2D eigenvalue weighted by Gasteiger charge is -2.37. The van der Waals surface area contributed by atoms with Crippen LogP contribution >= 0.6 is 24.0 Å². The van der Waals surface area contributed by atoms with Gasteiger partial charge in [0.1, 0.15) is 0 Å². The molecule has 0 aliphatic carbocycles. The van der Waals surface area contributed by atoms with Crippen LogP contribution in [-0.2, 0) is 10.0 Å². The number of hydrogen-bond donors (Lipinski definition) is 3. The Morgan fingerprint density at radius 1 is 1.22 bits per heavy atom. The summed E-state index contributed by atoms with van der Waals surface area (Å²) in [4.78, 5) is 6.74. The molecule has 0 bridgehead atoms. The number of piperidine rings is 1. The third kappa shape index (κ3) is 8.75. The standard InChI is InChI=1S/C18H31N5O2S.HI/c1-15(16-7-5-4-6-8-16)23-13-9-17(10-14-23)22-18(19-2)20-11-12-21-26(3,24)25;/h4-8,15,17,21H,9-14H2,1-3H3,(H2,19,20,22);1H. The molecule has 0 saturated carbocycles. The monoisotopic (exact) mass is 509 g/mol. The molecule has 1 aliphatic heterocycles. The van der Waals surface area contributed by atoms with E-state index >= 15 is 0 Å². The maximum Gasteiger partial charge on any atom is 0.208 e. The minimum Gasteiger partial charge on any atom is -0.355 e. The zero-order valence-electron chi connectivity index (χ0n) is 16.3. The van der Waals surface area contributed by atoms with E-state index in [1.165, 1.54) is 5.56 Å². The smallest absolute Gasteiger partial charge is 0.208 e. The van der Waals surface area contributed by atoms with Gasteiger partial charge in [-0.25, -0.2) is 13.1 Å². The van der Waals surface area contributed by atoms with E-state index in [4.69, 9.17) is 0 Å². The van der Waals surface area contributed by atoms with Gasteiger partial charge < -0.3 is 10.6 Å². The van der Waals surface area contributed by atoms with Crippen molar-refractivity contribution in [3.05, 3.63) is 35.9 Å². The molecule has 0 aromatic heterocycles. The SMILES string of the molecule is CN=C(NCCNS(C)(=O)=O)NC1CCN(C(C)c2ccccc2)CC1.I. The molecule has 0 spiro atoms. The van der Waals surface area contributed by atoms with Crippen molar-refractivity contribution < 1.29 is 8.42 Å². The van der Waals surface area contributed by atoms with Gasteiger partial charge in [0.2, 0.25) is 10.0 Å². The Balaban J connectivity index is 0.00000364. The van der Waals surface area contributed by atoms with Crippen LogP contribution in [0.1, 0.15) is 31.4 Å². The van der Waals surface area contributed by atoms with E-state index in [-0.39, 0.29) is 24.0 Å². The number of halogens is 1. The van der Waals surface area contributed by atoms with E-state index in [0.29, 0.717) is 25.2 Å². The second kappa shape index (κ2) is 11.8. The fourth-order valence-electron chi connectivity index (χ4n) is 3.18. The molecule has 1 aromatic rings. The second-order valence-corrected chi connectivity index (χ2v) is 8.54. The summed E-state index contributed by atoms with van der Waals surface area (Å²) in [5.74, 6) is 0.717. The number of sulfonamides is 1. The molecule has 1 atom stereocenters. The zero-order valence-corrected chi connectivity index (χ0v) is 19.5. The van der Waals surface area contributed by atoms with E-state index in [1.807, 2.05) is 0 Å². The van der Waals surface area contributed by atoms with Gasteiger partial charge in [-0.3, -0.25) is 9.89 Å². The molecule has 1 heterocycles. The van der Waals surface area contributed by atoms with Gasteiger partial charge in [-0.1, -0.05) is 30.3 Å². The van der Waals surface area contributed by atoms with Crippen LogP contribution in [-0.4, -0.2) is 64.8 Å². The molecular formula is C18H32IN5O2S. The van der Waals surface area contributed by atoms with Crippen LogP contribution in [0.2, 0.25) is 0 Å². The average molecular weight is 509 g/mol. The van der Waals surface area contributed by atoms with Gasteiger partial charge in [0.05, 0.1) is 6.26 Å². The first kappa shape index (κ1) is 24.1. The second-order valence-electron chi connectivity index (χ2n) is 6.71. The summed E-state index contributed by atoms with van der Waals surface area (Å²) in [5.41, 5.74) is 1.36. The third-order valence-electron chi connectivity index (χ3n) is 4.71. The maximum atomic E-state index is 11.1. The summed E-state index contributed by atoms with van der Waals surface area (Å²) in [6, 6.07) is 11.4. The first-order chi connectivity index (χ1) is 12.4. The van der Waals surface area contributed by atoms with E-state index in [2.05, 4.69) is 62.5 Å². The van der Waals surface area contributed by atoms with Crippen molar-refractivity contribution in [1.82, 2.24) is 20.3 Å². The van der Waals surface area contributed by atoms with E-state index in [9.17, 15) is 8.42 Å². The van der Waals surface area contributed by atoms with Crippen molar-refractivity contribution in [2.45, 2.75) is 31.8 Å². The molecular weight excluding hydrogens is 477 g/mol. The lowest BCUT2D eigenvalue weighted by Crippen LogP contribution is -2.50. The average Bonchev–Trinajstić information content (AvgIpc) is 2.64. The number of benzene rings is 1. The summed E-state index contributed by atoms with van der Waals surface area (Å²) in [7, 11) is -1.42. The summed E-state index contributed by atoms with van der Waals surface area (Å²) in [5, 5.41) is 6.58. The van der Waals surface area contributed by atoms with Crippen LogP contribution in [0.5, 0.6) is 0 Å². The van der Waals surface area contributed by atoms with Crippen molar-refractivity contribution in [2.75, 3.05) is 39.5 Å². The van der Waals surface area contributed by atoms with Crippen LogP contribution < -0.4 is 15.4 Å². The first-order valence-corrected chi connectivity index (χ1v) is 11.0. The summed E-state index contributed by atoms with van der Waals surface area (Å²) in [6.07, 6.45) is 3.27. The zero-order chi connectivity index (χ0) is 19.0. The Hall–Kier alpha value is -0.910. The molecule has 27 heavy (non-hydrogen) atoms. The van der Waals surface area contributed by atoms with Crippen molar-refractivity contribution in [3.63, 3.8) is 0 Å². The Bertz CT molecular complexity index is 676. The normalized spacial score (nSPS) is 17.8. The fraction of sp³-hybridized carbons (Fsp3) is 0.611. The molecule has 0 radical (unpaired) electrons. The summed E-state index contributed by atoms with van der Waals surface area (Å²) in [6.45, 7) is 5.18. The Labute approximate surface area is 180 Å². The molecule has 9 heteroatoms. The van der Waals surface area contributed by atoms with Gasteiger partial charge in [0.15, 0.2) is 5.96 Å². The van der Waals surface area contributed by atoms with E-state index < -0.39 is 10.0 Å². The predicted octanol–water partition coefficient (Wildman–Crippen LogP) is 1.54. The van der Waals surface area contributed by atoms with Crippen LogP contribution in [0, 0.1) is 0 Å². The molecule has 154 valence electrons. The van der Waals surface area contributed by atoms with Crippen LogP contribution in [0.3, 0.4) is 0 Å². The van der Waals surface area contributed by atoms with Gasteiger partial charge in [0.25, 0.3) is 0 Å². The number of aliphatic imine (C=N–C) groups is 1. The number of likely N-dealkylation sites (tertiary alicyclic amines) is 1. The topological polar surface area (TPSA) is 85.8 Å². The number of rotatable bonds is 7. The molecule has 1 aliphatic rings. The van der Waals surface area contributed by atoms with Gasteiger partial charge in [-0.2, -0.15) is 0 Å². The van der Waals surface area contributed by atoms with E-state index in [0.717, 1.165) is 38.1 Å². The molecule has 0 amide bonds. The van der Waals surface area contributed by atoms with Crippen molar-refractivity contribution >= 4 is 40.0 Å². The molecule has 1 saturated heterocycles. The highest BCUT2D eigenvalue weighted by Crippen LogP contribution is 2.23. The Morgan fingerprint density at radius 2 is 1.85 bits per heavy atom.